The van der Waals surface area contributed by atoms with Gasteiger partial charge in [0.1, 0.15) is 0 Å². The van der Waals surface area contributed by atoms with E-state index in [1.807, 2.05) is 19.1 Å². The van der Waals surface area contributed by atoms with Crippen LogP contribution in [0.3, 0.4) is 0 Å². The van der Waals surface area contributed by atoms with Gasteiger partial charge in [-0.15, -0.1) is 0 Å². The fourth-order valence-corrected chi connectivity index (χ4v) is 2.80. The lowest BCUT2D eigenvalue weighted by Crippen LogP contribution is -2.18. The van der Waals surface area contributed by atoms with E-state index < -0.39 is 10.0 Å². The first kappa shape index (κ1) is 17.5. The van der Waals surface area contributed by atoms with Gasteiger partial charge in [-0.25, -0.2) is 8.42 Å². The Morgan fingerprint density at radius 1 is 1.38 bits per heavy atom. The Morgan fingerprint density at radius 2 is 2.14 bits per heavy atom. The Hall–Kier alpha value is -1.55. The van der Waals surface area contributed by atoms with Crippen molar-refractivity contribution in [2.75, 3.05) is 30.8 Å². The molecule has 0 bridgehead atoms. The average Bonchev–Trinajstić information content (AvgIpc) is 2.42. The van der Waals surface area contributed by atoms with Crippen LogP contribution in [-0.4, -0.2) is 39.6 Å². The van der Waals surface area contributed by atoms with Crippen molar-refractivity contribution in [3.63, 3.8) is 0 Å². The molecule has 0 radical (unpaired) electrons. The largest absolute Gasteiger partial charge is 0.395 e. The predicted molar refractivity (Wildman–Crippen MR) is 83.7 cm³/mol. The van der Waals surface area contributed by atoms with E-state index >= 15 is 0 Å². The Bertz CT molecular complexity index is 614. The standard InChI is InChI=1S/C15H21NO4S/c1-13-7-8-14(6-3-4-9-17)12-15(13)16-21(18,19)11-5-10-20-2/h7-8,12,16-17H,4-5,9-11H2,1-2H3. The molecule has 0 heterocycles. The molecular weight excluding hydrogens is 290 g/mol. The third-order valence-electron chi connectivity index (χ3n) is 2.73. The van der Waals surface area contributed by atoms with Gasteiger partial charge in [0.05, 0.1) is 18.0 Å². The first-order valence-corrected chi connectivity index (χ1v) is 8.33. The molecule has 0 atom stereocenters. The van der Waals surface area contributed by atoms with E-state index in [4.69, 9.17) is 9.84 Å². The second-order valence-electron chi connectivity index (χ2n) is 4.57. The van der Waals surface area contributed by atoms with Crippen molar-refractivity contribution in [1.82, 2.24) is 0 Å². The third-order valence-corrected chi connectivity index (χ3v) is 4.09. The number of benzene rings is 1. The van der Waals surface area contributed by atoms with Gasteiger partial charge in [-0.1, -0.05) is 17.9 Å². The SMILES string of the molecule is COCCCS(=O)(=O)Nc1cc(C#CCCO)ccc1C. The van der Waals surface area contributed by atoms with Gasteiger partial charge >= 0.3 is 0 Å². The van der Waals surface area contributed by atoms with Gasteiger partial charge in [-0.05, 0) is 31.0 Å². The van der Waals surface area contributed by atoms with Crippen molar-refractivity contribution in [1.29, 1.82) is 0 Å². The molecule has 0 aliphatic heterocycles. The summed E-state index contributed by atoms with van der Waals surface area (Å²) in [7, 11) is -1.85. The average molecular weight is 311 g/mol. The second-order valence-corrected chi connectivity index (χ2v) is 6.41. The summed E-state index contributed by atoms with van der Waals surface area (Å²) in [5, 5.41) is 8.69. The zero-order chi connectivity index (χ0) is 15.7. The number of ether oxygens (including phenoxy) is 1. The number of sulfonamides is 1. The Morgan fingerprint density at radius 3 is 2.81 bits per heavy atom. The summed E-state index contributed by atoms with van der Waals surface area (Å²) in [5.74, 6) is 5.71. The van der Waals surface area contributed by atoms with Gasteiger partial charge in [0.25, 0.3) is 0 Å². The summed E-state index contributed by atoms with van der Waals surface area (Å²) < 4.78 is 31.4. The summed E-state index contributed by atoms with van der Waals surface area (Å²) in [4.78, 5) is 0. The molecule has 0 amide bonds. The smallest absolute Gasteiger partial charge is 0.232 e. The number of aliphatic hydroxyl groups is 1. The quantitative estimate of drug-likeness (QED) is 0.591. The molecule has 0 aromatic heterocycles. The Balaban J connectivity index is 2.83. The normalized spacial score (nSPS) is 10.8. The molecule has 0 aliphatic rings. The maximum atomic E-state index is 12.0. The van der Waals surface area contributed by atoms with Crippen molar-refractivity contribution in [2.24, 2.45) is 0 Å². The predicted octanol–water partition coefficient (Wildman–Crippen LogP) is 1.51. The van der Waals surface area contributed by atoms with Gasteiger partial charge in [-0.2, -0.15) is 0 Å². The number of nitrogens with one attached hydrogen (secondary N) is 1. The van der Waals surface area contributed by atoms with Crippen molar-refractivity contribution in [2.45, 2.75) is 19.8 Å². The van der Waals surface area contributed by atoms with Crippen LogP contribution in [-0.2, 0) is 14.8 Å². The number of hydrogen-bond acceptors (Lipinski definition) is 4. The zero-order valence-corrected chi connectivity index (χ0v) is 13.2. The molecule has 1 aromatic rings. The van der Waals surface area contributed by atoms with Crippen LogP contribution in [0, 0.1) is 18.8 Å². The van der Waals surface area contributed by atoms with Crippen LogP contribution in [0.1, 0.15) is 24.0 Å². The fourth-order valence-electron chi connectivity index (χ4n) is 1.64. The first-order valence-electron chi connectivity index (χ1n) is 6.68. The van der Waals surface area contributed by atoms with E-state index in [-0.39, 0.29) is 12.4 Å². The second kappa shape index (κ2) is 8.67. The summed E-state index contributed by atoms with van der Waals surface area (Å²) in [5.41, 5.74) is 2.07. The molecule has 0 fully saturated rings. The maximum Gasteiger partial charge on any atom is 0.232 e. The topological polar surface area (TPSA) is 75.6 Å². The molecule has 0 unspecified atom stereocenters. The van der Waals surface area contributed by atoms with Gasteiger partial charge in [0.2, 0.25) is 10.0 Å². The zero-order valence-electron chi connectivity index (χ0n) is 12.3. The van der Waals surface area contributed by atoms with E-state index in [0.29, 0.717) is 30.7 Å². The fraction of sp³-hybridized carbons (Fsp3) is 0.467. The van der Waals surface area contributed by atoms with Crippen LogP contribution < -0.4 is 4.72 Å². The van der Waals surface area contributed by atoms with Crippen molar-refractivity contribution < 1.29 is 18.3 Å². The minimum atomic E-state index is -3.39. The van der Waals surface area contributed by atoms with Crippen molar-refractivity contribution in [3.05, 3.63) is 29.3 Å². The summed E-state index contributed by atoms with van der Waals surface area (Å²) in [6.07, 6.45) is 0.840. The minimum absolute atomic E-state index is 0.0118. The van der Waals surface area contributed by atoms with Crippen LogP contribution >= 0.6 is 0 Å². The number of aliphatic hydroxyl groups excluding tert-OH is 1. The van der Waals surface area contributed by atoms with Gasteiger partial charge in [0, 0.05) is 25.7 Å². The highest BCUT2D eigenvalue weighted by Crippen LogP contribution is 2.18. The molecule has 0 spiro atoms. The van der Waals surface area contributed by atoms with Crippen LogP contribution in [0.4, 0.5) is 5.69 Å². The van der Waals surface area contributed by atoms with E-state index in [1.54, 1.807) is 13.2 Å². The maximum absolute atomic E-state index is 12.0. The van der Waals surface area contributed by atoms with E-state index in [0.717, 1.165) is 5.56 Å². The van der Waals surface area contributed by atoms with E-state index in [2.05, 4.69) is 16.6 Å². The highest BCUT2D eigenvalue weighted by Gasteiger charge is 2.11. The van der Waals surface area contributed by atoms with Crippen LogP contribution in [0.2, 0.25) is 0 Å². The minimum Gasteiger partial charge on any atom is -0.395 e. The number of anilines is 1. The first-order chi connectivity index (χ1) is 9.98. The molecule has 1 rings (SSSR count). The summed E-state index contributed by atoms with van der Waals surface area (Å²) in [6, 6.07) is 5.34. The molecular formula is C15H21NO4S. The van der Waals surface area contributed by atoms with E-state index in [1.165, 1.54) is 0 Å². The molecule has 21 heavy (non-hydrogen) atoms. The third kappa shape index (κ3) is 6.63. The van der Waals surface area contributed by atoms with E-state index in [9.17, 15) is 8.42 Å². The molecule has 0 saturated heterocycles. The Kier molecular flexibility index (Phi) is 7.23. The Labute approximate surface area is 126 Å². The van der Waals surface area contributed by atoms with Gasteiger partial charge < -0.3 is 9.84 Å². The molecule has 0 saturated carbocycles. The van der Waals surface area contributed by atoms with Crippen LogP contribution in [0.5, 0.6) is 0 Å². The lowest BCUT2D eigenvalue weighted by Gasteiger charge is -2.10. The monoisotopic (exact) mass is 311 g/mol. The molecule has 116 valence electrons. The molecule has 0 aliphatic carbocycles. The molecule has 2 N–H and O–H groups in total. The molecule has 6 heteroatoms. The highest BCUT2D eigenvalue weighted by atomic mass is 32.2. The highest BCUT2D eigenvalue weighted by molar-refractivity contribution is 7.92. The lowest BCUT2D eigenvalue weighted by molar-refractivity contribution is 0.199. The summed E-state index contributed by atoms with van der Waals surface area (Å²) in [6.45, 7) is 2.25. The molecule has 1 aromatic carbocycles. The number of hydrogen-bond donors (Lipinski definition) is 2. The van der Waals surface area contributed by atoms with Crippen molar-refractivity contribution >= 4 is 15.7 Å². The number of methoxy groups -OCH3 is 1. The van der Waals surface area contributed by atoms with Gasteiger partial charge in [-0.3, -0.25) is 4.72 Å². The summed E-state index contributed by atoms with van der Waals surface area (Å²) >= 11 is 0. The lowest BCUT2D eigenvalue weighted by atomic mass is 10.1. The van der Waals surface area contributed by atoms with Crippen LogP contribution in [0.15, 0.2) is 18.2 Å². The van der Waals surface area contributed by atoms with Crippen molar-refractivity contribution in [3.8, 4) is 11.8 Å². The number of rotatable bonds is 7. The molecule has 5 nitrogen and oxygen atoms in total. The number of aryl methyl sites for hydroxylation is 1. The van der Waals surface area contributed by atoms with Gasteiger partial charge in [0.15, 0.2) is 0 Å². The van der Waals surface area contributed by atoms with Crippen LogP contribution in [0.25, 0.3) is 0 Å².